The van der Waals surface area contributed by atoms with Crippen molar-refractivity contribution in [1.29, 1.82) is 0 Å². The van der Waals surface area contributed by atoms with Gasteiger partial charge in [0.15, 0.2) is 11.5 Å². The topological polar surface area (TPSA) is 91.0 Å². The first-order valence-electron chi connectivity index (χ1n) is 9.79. The first-order valence-corrected chi connectivity index (χ1v) is 10.6. The minimum absolute atomic E-state index is 0.00696. The highest BCUT2D eigenvalue weighted by atomic mass is 79.9. The Bertz CT molecular complexity index is 1410. The van der Waals surface area contributed by atoms with Gasteiger partial charge in [0.25, 0.3) is 5.91 Å². The molecule has 32 heavy (non-hydrogen) atoms. The molecule has 1 amide bonds. The Morgan fingerprint density at radius 1 is 0.938 bits per heavy atom. The Kier molecular flexibility index (Phi) is 4.83. The van der Waals surface area contributed by atoms with Crippen molar-refractivity contribution < 1.29 is 24.2 Å². The number of halogens is 1. The number of hydrogen-bond acceptors (Lipinski definition) is 5. The number of benzene rings is 3. The second-order valence-corrected chi connectivity index (χ2v) is 8.28. The number of hydrogen-bond donors (Lipinski definition) is 2. The molecular weight excluding hydrogens is 474 g/mol. The molecule has 0 fully saturated rings. The number of furan rings is 1. The number of anilines is 1. The highest BCUT2D eigenvalue weighted by Gasteiger charge is 2.46. The Morgan fingerprint density at radius 3 is 2.41 bits per heavy atom. The minimum atomic E-state index is -0.940. The van der Waals surface area contributed by atoms with Crippen LogP contribution in [0, 0.1) is 0 Å². The first kappa shape index (κ1) is 20.1. The molecule has 0 saturated carbocycles. The number of phenols is 1. The molecule has 5 rings (SSSR count). The summed E-state index contributed by atoms with van der Waals surface area (Å²) < 4.78 is 6.56. The van der Waals surface area contributed by atoms with Crippen molar-refractivity contribution in [3.8, 4) is 5.75 Å². The molecule has 1 aliphatic rings. The van der Waals surface area contributed by atoms with Crippen LogP contribution < -0.4 is 4.90 Å². The molecule has 0 aliphatic carbocycles. The van der Waals surface area contributed by atoms with Gasteiger partial charge in [-0.05, 0) is 42.0 Å². The van der Waals surface area contributed by atoms with Crippen molar-refractivity contribution in [3.05, 3.63) is 106 Å². The number of carbonyl (C=O) groups excluding carboxylic acids is 2. The zero-order valence-electron chi connectivity index (χ0n) is 16.5. The SMILES string of the molecule is O=C(C1=C(O)C(=O)N(c2ccccc2O)C1c1ccccc1)c1cc2cc(Br)ccc2o1. The molecule has 0 spiro atoms. The number of aromatic hydroxyl groups is 1. The van der Waals surface area contributed by atoms with E-state index in [4.69, 9.17) is 4.42 Å². The van der Waals surface area contributed by atoms with E-state index in [0.717, 1.165) is 4.47 Å². The lowest BCUT2D eigenvalue weighted by Gasteiger charge is -2.27. The third kappa shape index (κ3) is 3.18. The number of aliphatic hydroxyl groups excluding tert-OH is 1. The Labute approximate surface area is 191 Å². The molecule has 1 unspecified atom stereocenters. The molecule has 0 radical (unpaired) electrons. The number of fused-ring (bicyclic) bond motifs is 1. The molecule has 6 nitrogen and oxygen atoms in total. The van der Waals surface area contributed by atoms with Crippen molar-refractivity contribution >= 4 is 44.3 Å². The summed E-state index contributed by atoms with van der Waals surface area (Å²) in [5, 5.41) is 21.9. The third-order valence-electron chi connectivity index (χ3n) is 5.41. The second kappa shape index (κ2) is 7.69. The van der Waals surface area contributed by atoms with Crippen molar-refractivity contribution in [2.45, 2.75) is 6.04 Å². The number of aliphatic hydroxyl groups is 1. The monoisotopic (exact) mass is 489 g/mol. The molecule has 0 bridgehead atoms. The van der Waals surface area contributed by atoms with Crippen LogP contribution in [0.15, 0.2) is 99.1 Å². The number of Topliss-reactive ketones (excluding diaryl/α,β-unsaturated/α-hetero) is 1. The van der Waals surface area contributed by atoms with Gasteiger partial charge in [-0.3, -0.25) is 14.5 Å². The van der Waals surface area contributed by atoms with E-state index in [0.29, 0.717) is 16.5 Å². The summed E-state index contributed by atoms with van der Waals surface area (Å²) in [6.45, 7) is 0. The highest BCUT2D eigenvalue weighted by Crippen LogP contribution is 2.44. The minimum Gasteiger partial charge on any atom is -0.506 e. The van der Waals surface area contributed by atoms with Gasteiger partial charge in [-0.2, -0.15) is 0 Å². The fraction of sp³-hybridized carbons (Fsp3) is 0.0400. The predicted octanol–water partition coefficient (Wildman–Crippen LogP) is 5.68. The molecule has 2 N–H and O–H groups in total. The van der Waals surface area contributed by atoms with Crippen LogP contribution in [0.3, 0.4) is 0 Å². The average Bonchev–Trinajstić information content (AvgIpc) is 3.33. The molecule has 0 saturated heterocycles. The largest absolute Gasteiger partial charge is 0.506 e. The zero-order chi connectivity index (χ0) is 22.4. The first-order chi connectivity index (χ1) is 15.5. The Balaban J connectivity index is 1.67. The quantitative estimate of drug-likeness (QED) is 0.359. The molecule has 2 heterocycles. The van der Waals surface area contributed by atoms with Gasteiger partial charge >= 0.3 is 0 Å². The molecule has 1 aromatic heterocycles. The van der Waals surface area contributed by atoms with Crippen molar-refractivity contribution in [2.24, 2.45) is 0 Å². The zero-order valence-corrected chi connectivity index (χ0v) is 18.1. The molecule has 4 aromatic rings. The number of carbonyl (C=O) groups is 2. The number of para-hydroxylation sites is 2. The van der Waals surface area contributed by atoms with Gasteiger partial charge in [-0.15, -0.1) is 0 Å². The van der Waals surface area contributed by atoms with E-state index >= 15 is 0 Å². The summed E-state index contributed by atoms with van der Waals surface area (Å²) >= 11 is 3.39. The number of ketones is 1. The normalized spacial score (nSPS) is 16.2. The van der Waals surface area contributed by atoms with E-state index in [1.54, 1.807) is 60.7 Å². The standard InChI is InChI=1S/C25H16BrNO5/c26-16-10-11-19-15(12-16)13-20(32-19)23(29)21-22(14-6-2-1-3-7-14)27(25(31)24(21)30)17-8-4-5-9-18(17)28/h1-13,22,28,30H. The number of amides is 1. The van der Waals surface area contributed by atoms with Gasteiger partial charge in [0.2, 0.25) is 5.78 Å². The number of phenolic OH excluding ortho intramolecular Hbond substituents is 1. The van der Waals surface area contributed by atoms with Gasteiger partial charge in [0, 0.05) is 9.86 Å². The molecular formula is C25H16BrNO5. The maximum Gasteiger partial charge on any atom is 0.294 e. The summed E-state index contributed by atoms with van der Waals surface area (Å²) in [6, 6.07) is 21.1. The fourth-order valence-corrected chi connectivity index (χ4v) is 4.34. The van der Waals surface area contributed by atoms with Crippen molar-refractivity contribution in [3.63, 3.8) is 0 Å². The summed E-state index contributed by atoms with van der Waals surface area (Å²) in [7, 11) is 0. The van der Waals surface area contributed by atoms with E-state index in [2.05, 4.69) is 15.9 Å². The second-order valence-electron chi connectivity index (χ2n) is 7.36. The van der Waals surface area contributed by atoms with Crippen LogP contribution in [0.4, 0.5) is 5.69 Å². The van der Waals surface area contributed by atoms with Crippen LogP contribution in [-0.2, 0) is 4.79 Å². The lowest BCUT2D eigenvalue weighted by molar-refractivity contribution is -0.117. The smallest absolute Gasteiger partial charge is 0.294 e. The van der Waals surface area contributed by atoms with Crippen LogP contribution >= 0.6 is 15.9 Å². The van der Waals surface area contributed by atoms with E-state index in [1.807, 2.05) is 12.1 Å². The molecule has 158 valence electrons. The van der Waals surface area contributed by atoms with Gasteiger partial charge in [-0.1, -0.05) is 58.4 Å². The maximum absolute atomic E-state index is 13.5. The average molecular weight is 490 g/mol. The van der Waals surface area contributed by atoms with Crippen molar-refractivity contribution in [2.75, 3.05) is 4.90 Å². The number of rotatable bonds is 4. The van der Waals surface area contributed by atoms with E-state index < -0.39 is 23.5 Å². The van der Waals surface area contributed by atoms with Gasteiger partial charge in [0.05, 0.1) is 17.3 Å². The third-order valence-corrected chi connectivity index (χ3v) is 5.90. The van der Waals surface area contributed by atoms with E-state index in [-0.39, 0.29) is 22.8 Å². The van der Waals surface area contributed by atoms with Crippen LogP contribution in [0.25, 0.3) is 11.0 Å². The Hall–Kier alpha value is -3.84. The number of nitrogens with zero attached hydrogens (tertiary/aromatic N) is 1. The Morgan fingerprint density at radius 2 is 1.66 bits per heavy atom. The van der Waals surface area contributed by atoms with Crippen LogP contribution in [-0.4, -0.2) is 21.9 Å². The predicted molar refractivity (Wildman–Crippen MR) is 123 cm³/mol. The molecule has 7 heteroatoms. The maximum atomic E-state index is 13.5. The molecule has 3 aromatic carbocycles. The van der Waals surface area contributed by atoms with Crippen LogP contribution in [0.1, 0.15) is 22.2 Å². The summed E-state index contributed by atoms with van der Waals surface area (Å²) in [4.78, 5) is 27.9. The van der Waals surface area contributed by atoms with Crippen LogP contribution in [0.5, 0.6) is 5.75 Å². The fourth-order valence-electron chi connectivity index (χ4n) is 3.96. The van der Waals surface area contributed by atoms with E-state index in [1.165, 1.54) is 11.0 Å². The van der Waals surface area contributed by atoms with Crippen molar-refractivity contribution in [1.82, 2.24) is 0 Å². The lowest BCUT2D eigenvalue weighted by atomic mass is 9.94. The summed E-state index contributed by atoms with van der Waals surface area (Å²) in [5.41, 5.74) is 1.20. The van der Waals surface area contributed by atoms with E-state index in [9.17, 15) is 19.8 Å². The summed E-state index contributed by atoms with van der Waals surface area (Å²) in [5.74, 6) is -2.18. The highest BCUT2D eigenvalue weighted by molar-refractivity contribution is 9.10. The van der Waals surface area contributed by atoms with Gasteiger partial charge in [-0.25, -0.2) is 0 Å². The van der Waals surface area contributed by atoms with Gasteiger partial charge < -0.3 is 14.6 Å². The molecule has 1 aliphatic heterocycles. The van der Waals surface area contributed by atoms with Crippen LogP contribution in [0.2, 0.25) is 0 Å². The van der Waals surface area contributed by atoms with Gasteiger partial charge in [0.1, 0.15) is 11.3 Å². The summed E-state index contributed by atoms with van der Waals surface area (Å²) in [6.07, 6.45) is 0. The lowest BCUT2D eigenvalue weighted by Crippen LogP contribution is -2.31. The molecule has 1 atom stereocenters.